The molecular formula is C19H21N3O4. The van der Waals surface area contributed by atoms with Crippen LogP contribution in [0.5, 0.6) is 5.75 Å². The minimum atomic E-state index is -0.443. The van der Waals surface area contributed by atoms with Gasteiger partial charge in [-0.05, 0) is 48.9 Å². The summed E-state index contributed by atoms with van der Waals surface area (Å²) in [7, 11) is 1.51. The van der Waals surface area contributed by atoms with E-state index >= 15 is 0 Å². The number of benzene rings is 2. The number of anilines is 3. The first-order valence-corrected chi connectivity index (χ1v) is 7.99. The topological polar surface area (TPSA) is 96.5 Å². The molecule has 0 fully saturated rings. The van der Waals surface area contributed by atoms with E-state index in [9.17, 15) is 14.4 Å². The molecule has 0 atom stereocenters. The molecule has 0 radical (unpaired) electrons. The number of hydrogen-bond acceptors (Lipinski definition) is 4. The molecule has 0 bridgehead atoms. The number of hydrogen-bond donors (Lipinski definition) is 3. The maximum Gasteiger partial charge on any atom is 0.233 e. The Hall–Kier alpha value is -3.35. The molecule has 3 N–H and O–H groups in total. The van der Waals surface area contributed by atoms with Crippen LogP contribution in [0.3, 0.4) is 0 Å². The Kier molecular flexibility index (Phi) is 6.32. The zero-order valence-corrected chi connectivity index (χ0v) is 14.9. The standard InChI is InChI=1S/C19H21N3O4/c1-12-4-9-17(26-3)16(10-12)22-19(25)11-18(24)21-15-7-5-14(6-8-15)20-13(2)23/h4-10H,11H2,1-3H3,(H,20,23)(H,21,24)(H,22,25). The molecule has 0 saturated carbocycles. The number of amides is 3. The van der Waals surface area contributed by atoms with Gasteiger partial charge in [0, 0.05) is 18.3 Å². The molecular weight excluding hydrogens is 334 g/mol. The summed E-state index contributed by atoms with van der Waals surface area (Å²) in [5.41, 5.74) is 2.64. The van der Waals surface area contributed by atoms with E-state index < -0.39 is 11.8 Å². The number of nitrogens with one attached hydrogen (secondary N) is 3. The van der Waals surface area contributed by atoms with Gasteiger partial charge in [0.05, 0.1) is 12.8 Å². The van der Waals surface area contributed by atoms with Gasteiger partial charge in [-0.2, -0.15) is 0 Å². The van der Waals surface area contributed by atoms with Crippen LogP contribution in [0.4, 0.5) is 17.1 Å². The number of carbonyl (C=O) groups is 3. The van der Waals surface area contributed by atoms with Crippen molar-refractivity contribution < 1.29 is 19.1 Å². The number of rotatable bonds is 6. The van der Waals surface area contributed by atoms with Crippen LogP contribution in [0.1, 0.15) is 18.9 Å². The van der Waals surface area contributed by atoms with Crippen LogP contribution >= 0.6 is 0 Å². The van der Waals surface area contributed by atoms with Gasteiger partial charge in [0.2, 0.25) is 17.7 Å². The lowest BCUT2D eigenvalue weighted by Gasteiger charge is -2.11. The van der Waals surface area contributed by atoms with Crippen LogP contribution in [0.2, 0.25) is 0 Å². The summed E-state index contributed by atoms with van der Waals surface area (Å²) in [5.74, 6) is -0.536. The van der Waals surface area contributed by atoms with E-state index in [1.165, 1.54) is 14.0 Å². The van der Waals surface area contributed by atoms with Crippen molar-refractivity contribution in [1.29, 1.82) is 0 Å². The van der Waals surface area contributed by atoms with Gasteiger partial charge in [-0.3, -0.25) is 14.4 Å². The van der Waals surface area contributed by atoms with E-state index in [4.69, 9.17) is 4.74 Å². The third-order valence-corrected chi connectivity index (χ3v) is 3.44. The molecule has 0 aliphatic carbocycles. The third kappa shape index (κ3) is 5.62. The highest BCUT2D eigenvalue weighted by Gasteiger charge is 2.12. The van der Waals surface area contributed by atoms with Gasteiger partial charge in [0.1, 0.15) is 12.2 Å². The van der Waals surface area contributed by atoms with Gasteiger partial charge in [-0.15, -0.1) is 0 Å². The molecule has 3 amide bonds. The van der Waals surface area contributed by atoms with Crippen LogP contribution in [0.25, 0.3) is 0 Å². The minimum Gasteiger partial charge on any atom is -0.495 e. The van der Waals surface area contributed by atoms with Crippen molar-refractivity contribution in [2.24, 2.45) is 0 Å². The predicted molar refractivity (Wildman–Crippen MR) is 100 cm³/mol. The third-order valence-electron chi connectivity index (χ3n) is 3.44. The highest BCUT2D eigenvalue weighted by Crippen LogP contribution is 2.25. The summed E-state index contributed by atoms with van der Waals surface area (Å²) in [6.07, 6.45) is -0.329. The Morgan fingerprint density at radius 2 is 1.46 bits per heavy atom. The van der Waals surface area contributed by atoms with Gasteiger partial charge in [-0.1, -0.05) is 6.07 Å². The van der Waals surface area contributed by atoms with Crippen molar-refractivity contribution in [3.8, 4) is 5.75 Å². The average Bonchev–Trinajstić information content (AvgIpc) is 2.56. The molecule has 2 aromatic carbocycles. The molecule has 0 spiro atoms. The number of carbonyl (C=O) groups excluding carboxylic acids is 3. The van der Waals surface area contributed by atoms with Gasteiger partial charge >= 0.3 is 0 Å². The molecule has 0 aliphatic rings. The fourth-order valence-corrected chi connectivity index (χ4v) is 2.31. The van der Waals surface area contributed by atoms with Crippen LogP contribution in [-0.4, -0.2) is 24.8 Å². The summed E-state index contributed by atoms with van der Waals surface area (Å²) in [4.78, 5) is 35.1. The van der Waals surface area contributed by atoms with Crippen molar-refractivity contribution in [3.63, 3.8) is 0 Å². The first-order valence-electron chi connectivity index (χ1n) is 7.99. The predicted octanol–water partition coefficient (Wildman–Crippen LogP) is 2.93. The Balaban J connectivity index is 1.92. The summed E-state index contributed by atoms with van der Waals surface area (Å²) in [6, 6.07) is 12.0. The lowest BCUT2D eigenvalue weighted by molar-refractivity contribution is -0.123. The van der Waals surface area contributed by atoms with E-state index in [1.807, 2.05) is 13.0 Å². The number of methoxy groups -OCH3 is 1. The summed E-state index contributed by atoms with van der Waals surface area (Å²) < 4.78 is 5.20. The van der Waals surface area contributed by atoms with E-state index in [2.05, 4.69) is 16.0 Å². The zero-order chi connectivity index (χ0) is 19.1. The second-order valence-electron chi connectivity index (χ2n) is 5.74. The molecule has 136 valence electrons. The first-order chi connectivity index (χ1) is 12.4. The average molecular weight is 355 g/mol. The van der Waals surface area contributed by atoms with E-state index in [0.29, 0.717) is 22.8 Å². The van der Waals surface area contributed by atoms with Crippen LogP contribution in [0.15, 0.2) is 42.5 Å². The maximum atomic E-state index is 12.1. The van der Waals surface area contributed by atoms with Gasteiger partial charge in [0.25, 0.3) is 0 Å². The molecule has 0 unspecified atom stereocenters. The van der Waals surface area contributed by atoms with Crippen molar-refractivity contribution in [3.05, 3.63) is 48.0 Å². The monoisotopic (exact) mass is 355 g/mol. The van der Waals surface area contributed by atoms with Gasteiger partial charge < -0.3 is 20.7 Å². The summed E-state index contributed by atoms with van der Waals surface area (Å²) in [5, 5.41) is 7.95. The lowest BCUT2D eigenvalue weighted by atomic mass is 10.2. The van der Waals surface area contributed by atoms with Crippen molar-refractivity contribution in [2.45, 2.75) is 20.3 Å². The minimum absolute atomic E-state index is 0.176. The molecule has 2 aromatic rings. The number of ether oxygens (including phenoxy) is 1. The van der Waals surface area contributed by atoms with E-state index in [1.54, 1.807) is 36.4 Å². The van der Waals surface area contributed by atoms with Gasteiger partial charge in [-0.25, -0.2) is 0 Å². The summed E-state index contributed by atoms with van der Waals surface area (Å²) >= 11 is 0. The smallest absolute Gasteiger partial charge is 0.233 e. The molecule has 0 saturated heterocycles. The van der Waals surface area contributed by atoms with Crippen molar-refractivity contribution in [2.75, 3.05) is 23.1 Å². The largest absolute Gasteiger partial charge is 0.495 e. The van der Waals surface area contributed by atoms with Crippen molar-refractivity contribution in [1.82, 2.24) is 0 Å². The SMILES string of the molecule is COc1ccc(C)cc1NC(=O)CC(=O)Nc1ccc(NC(C)=O)cc1. The van der Waals surface area contributed by atoms with Crippen LogP contribution in [-0.2, 0) is 14.4 Å². The Morgan fingerprint density at radius 1 is 0.885 bits per heavy atom. The molecule has 0 aliphatic heterocycles. The lowest BCUT2D eigenvalue weighted by Crippen LogP contribution is -2.21. The first kappa shape index (κ1) is 19.0. The van der Waals surface area contributed by atoms with Crippen LogP contribution < -0.4 is 20.7 Å². The molecule has 26 heavy (non-hydrogen) atoms. The highest BCUT2D eigenvalue weighted by molar-refractivity contribution is 6.08. The molecule has 0 aromatic heterocycles. The van der Waals surface area contributed by atoms with E-state index in [-0.39, 0.29) is 12.3 Å². The molecule has 7 nitrogen and oxygen atoms in total. The summed E-state index contributed by atoms with van der Waals surface area (Å²) in [6.45, 7) is 3.31. The Labute approximate surface area is 151 Å². The van der Waals surface area contributed by atoms with Crippen molar-refractivity contribution >= 4 is 34.8 Å². The Bertz CT molecular complexity index is 816. The molecule has 2 rings (SSSR count). The molecule has 7 heteroatoms. The maximum absolute atomic E-state index is 12.1. The van der Waals surface area contributed by atoms with Gasteiger partial charge in [0.15, 0.2) is 0 Å². The fraction of sp³-hybridized carbons (Fsp3) is 0.211. The normalized spacial score (nSPS) is 9.96. The quantitative estimate of drug-likeness (QED) is 0.694. The fourth-order valence-electron chi connectivity index (χ4n) is 2.31. The highest BCUT2D eigenvalue weighted by atomic mass is 16.5. The zero-order valence-electron chi connectivity index (χ0n) is 14.9. The number of aryl methyl sites for hydroxylation is 1. The second-order valence-corrected chi connectivity index (χ2v) is 5.74. The Morgan fingerprint density at radius 3 is 2.04 bits per heavy atom. The van der Waals surface area contributed by atoms with E-state index in [0.717, 1.165) is 5.56 Å². The molecule has 0 heterocycles. The van der Waals surface area contributed by atoms with Crippen LogP contribution in [0, 0.1) is 6.92 Å². The second kappa shape index (κ2) is 8.66.